The molecular weight excluding hydrogens is 312 g/mol. The average molecular weight is 336 g/mol. The molecule has 2 heterocycles. The van der Waals surface area contributed by atoms with Crippen LogP contribution in [0, 0.1) is 0 Å². The van der Waals surface area contributed by atoms with Crippen molar-refractivity contribution < 1.29 is 9.53 Å². The Hall–Kier alpha value is -2.33. The number of benzene rings is 2. The number of hydrogen-bond donors (Lipinski definition) is 0. The van der Waals surface area contributed by atoms with E-state index in [-0.39, 0.29) is 5.91 Å². The van der Waals surface area contributed by atoms with Gasteiger partial charge in [0.1, 0.15) is 0 Å². The molecule has 0 spiro atoms. The van der Waals surface area contributed by atoms with Crippen molar-refractivity contribution in [3.63, 3.8) is 0 Å². The zero-order chi connectivity index (χ0) is 17.1. The van der Waals surface area contributed by atoms with E-state index in [1.807, 2.05) is 17.0 Å². The molecule has 2 aliphatic heterocycles. The first-order chi connectivity index (χ1) is 12.3. The maximum Gasteiger partial charge on any atom is 0.254 e. The smallest absolute Gasteiger partial charge is 0.254 e. The minimum Gasteiger partial charge on any atom is -0.378 e. The Morgan fingerprint density at radius 3 is 2.36 bits per heavy atom. The fourth-order valence-electron chi connectivity index (χ4n) is 3.84. The Morgan fingerprint density at radius 2 is 1.64 bits per heavy atom. The molecule has 2 aliphatic rings. The molecule has 1 amide bonds. The summed E-state index contributed by atoms with van der Waals surface area (Å²) in [6.07, 6.45) is 2.36. The fraction of sp³-hybridized carbons (Fsp3) is 0.381. The van der Waals surface area contributed by atoms with E-state index in [2.05, 4.69) is 47.4 Å². The van der Waals surface area contributed by atoms with E-state index in [9.17, 15) is 4.79 Å². The monoisotopic (exact) mass is 336 g/mol. The van der Waals surface area contributed by atoms with Crippen molar-refractivity contribution in [1.29, 1.82) is 0 Å². The summed E-state index contributed by atoms with van der Waals surface area (Å²) in [6.45, 7) is 3.73. The quantitative estimate of drug-likeness (QED) is 0.860. The minimum atomic E-state index is 0.112. The predicted octanol–water partition coefficient (Wildman–Crippen LogP) is 3.50. The highest BCUT2D eigenvalue weighted by Gasteiger charge is 2.26. The molecule has 0 bridgehead atoms. The summed E-state index contributed by atoms with van der Waals surface area (Å²) in [5, 5.41) is 0. The summed E-state index contributed by atoms with van der Waals surface area (Å²) >= 11 is 0. The van der Waals surface area contributed by atoms with Crippen molar-refractivity contribution in [3.8, 4) is 0 Å². The van der Waals surface area contributed by atoms with Gasteiger partial charge in [0.05, 0.1) is 19.3 Å². The number of para-hydroxylation sites is 1. The number of hydrogen-bond acceptors (Lipinski definition) is 3. The largest absolute Gasteiger partial charge is 0.378 e. The van der Waals surface area contributed by atoms with Gasteiger partial charge in [-0.2, -0.15) is 0 Å². The first-order valence-corrected chi connectivity index (χ1v) is 9.11. The molecule has 25 heavy (non-hydrogen) atoms. The van der Waals surface area contributed by atoms with Crippen LogP contribution in [0.15, 0.2) is 54.6 Å². The van der Waals surface area contributed by atoms with E-state index in [0.717, 1.165) is 18.5 Å². The molecule has 0 saturated carbocycles. The van der Waals surface area contributed by atoms with Crippen molar-refractivity contribution >= 4 is 11.6 Å². The van der Waals surface area contributed by atoms with Gasteiger partial charge in [-0.25, -0.2) is 0 Å². The third kappa shape index (κ3) is 3.40. The van der Waals surface area contributed by atoms with Crippen molar-refractivity contribution in [1.82, 2.24) is 4.90 Å². The van der Waals surface area contributed by atoms with E-state index in [4.69, 9.17) is 4.74 Å². The van der Waals surface area contributed by atoms with Crippen molar-refractivity contribution in [2.75, 3.05) is 37.7 Å². The molecule has 0 aliphatic carbocycles. The standard InChI is InChI=1S/C21H24N2O2/c24-21(22-13-15-25-16-14-22)18-10-8-17(9-11-18)20-7-4-12-23(20)19-5-2-1-3-6-19/h1-3,5-6,8-11,20H,4,7,12-16H2. The summed E-state index contributed by atoms with van der Waals surface area (Å²) in [7, 11) is 0. The Balaban J connectivity index is 1.50. The Bertz CT molecular complexity index is 708. The molecule has 1 unspecified atom stereocenters. The van der Waals surface area contributed by atoms with Gasteiger partial charge in [-0.15, -0.1) is 0 Å². The van der Waals surface area contributed by atoms with Gasteiger partial charge in [0.15, 0.2) is 0 Å². The van der Waals surface area contributed by atoms with Gasteiger partial charge in [-0.3, -0.25) is 4.79 Å². The van der Waals surface area contributed by atoms with Crippen LogP contribution in [0.2, 0.25) is 0 Å². The molecule has 2 aromatic carbocycles. The maximum absolute atomic E-state index is 12.6. The van der Waals surface area contributed by atoms with Crippen molar-refractivity contribution in [2.45, 2.75) is 18.9 Å². The molecule has 4 rings (SSSR count). The van der Waals surface area contributed by atoms with Gasteiger partial charge >= 0.3 is 0 Å². The summed E-state index contributed by atoms with van der Waals surface area (Å²) in [5.41, 5.74) is 3.34. The first-order valence-electron chi connectivity index (χ1n) is 9.11. The number of carbonyl (C=O) groups excluding carboxylic acids is 1. The van der Waals surface area contributed by atoms with Gasteiger partial charge in [0, 0.05) is 30.9 Å². The van der Waals surface area contributed by atoms with Crippen molar-refractivity contribution in [3.05, 3.63) is 65.7 Å². The zero-order valence-corrected chi connectivity index (χ0v) is 14.4. The molecule has 2 aromatic rings. The lowest BCUT2D eigenvalue weighted by Crippen LogP contribution is -2.40. The van der Waals surface area contributed by atoms with E-state index >= 15 is 0 Å². The first kappa shape index (κ1) is 16.2. The van der Waals surface area contributed by atoms with Crippen LogP contribution in [0.5, 0.6) is 0 Å². The number of anilines is 1. The highest BCUT2D eigenvalue weighted by atomic mass is 16.5. The molecule has 4 heteroatoms. The van der Waals surface area contributed by atoms with E-state index in [1.165, 1.54) is 17.7 Å². The molecule has 0 N–H and O–H groups in total. The molecule has 130 valence electrons. The number of rotatable bonds is 3. The van der Waals surface area contributed by atoms with Crippen LogP contribution in [0.4, 0.5) is 5.69 Å². The topological polar surface area (TPSA) is 32.8 Å². The zero-order valence-electron chi connectivity index (χ0n) is 14.4. The molecule has 0 aromatic heterocycles. The van der Waals surface area contributed by atoms with Gasteiger partial charge in [-0.05, 0) is 42.7 Å². The molecule has 2 saturated heterocycles. The van der Waals surface area contributed by atoms with Gasteiger partial charge < -0.3 is 14.5 Å². The number of morpholine rings is 1. The number of carbonyl (C=O) groups is 1. The highest BCUT2D eigenvalue weighted by Crippen LogP contribution is 2.36. The van der Waals surface area contributed by atoms with E-state index in [1.54, 1.807) is 0 Å². The minimum absolute atomic E-state index is 0.112. The molecular formula is C21H24N2O2. The second-order valence-electron chi connectivity index (χ2n) is 6.71. The van der Waals surface area contributed by atoms with Crippen LogP contribution in [-0.2, 0) is 4.74 Å². The van der Waals surface area contributed by atoms with Crippen LogP contribution < -0.4 is 4.90 Å². The summed E-state index contributed by atoms with van der Waals surface area (Å²) in [4.78, 5) is 16.9. The molecule has 2 fully saturated rings. The van der Waals surface area contributed by atoms with E-state index in [0.29, 0.717) is 32.3 Å². The Morgan fingerprint density at radius 1 is 0.920 bits per heavy atom. The lowest BCUT2D eigenvalue weighted by molar-refractivity contribution is 0.0303. The van der Waals surface area contributed by atoms with Crippen LogP contribution in [0.1, 0.15) is 34.8 Å². The maximum atomic E-state index is 12.6. The third-order valence-corrected chi connectivity index (χ3v) is 5.18. The lowest BCUT2D eigenvalue weighted by Gasteiger charge is -2.28. The predicted molar refractivity (Wildman–Crippen MR) is 98.9 cm³/mol. The normalized spacial score (nSPS) is 20.7. The molecule has 0 radical (unpaired) electrons. The summed E-state index contributed by atoms with van der Waals surface area (Å²) in [5.74, 6) is 0.112. The van der Waals surface area contributed by atoms with Gasteiger partial charge in [0.2, 0.25) is 0 Å². The molecule has 4 nitrogen and oxygen atoms in total. The summed E-state index contributed by atoms with van der Waals surface area (Å²) < 4.78 is 5.33. The fourth-order valence-corrected chi connectivity index (χ4v) is 3.84. The second kappa shape index (κ2) is 7.28. The highest BCUT2D eigenvalue weighted by molar-refractivity contribution is 5.94. The van der Waals surface area contributed by atoms with Gasteiger partial charge in [0.25, 0.3) is 5.91 Å². The SMILES string of the molecule is O=C(c1ccc(C2CCCN2c2ccccc2)cc1)N1CCOCC1. The van der Waals surface area contributed by atoms with Gasteiger partial charge in [-0.1, -0.05) is 30.3 Å². The Labute approximate surface area is 149 Å². The average Bonchev–Trinajstić information content (AvgIpc) is 3.19. The Kier molecular flexibility index (Phi) is 4.70. The van der Waals surface area contributed by atoms with E-state index < -0.39 is 0 Å². The van der Waals surface area contributed by atoms with Crippen LogP contribution in [0.25, 0.3) is 0 Å². The van der Waals surface area contributed by atoms with Crippen LogP contribution in [0.3, 0.4) is 0 Å². The number of amides is 1. The second-order valence-corrected chi connectivity index (χ2v) is 6.71. The lowest BCUT2D eigenvalue weighted by atomic mass is 10.0. The van der Waals surface area contributed by atoms with Crippen LogP contribution >= 0.6 is 0 Å². The number of ether oxygens (including phenoxy) is 1. The van der Waals surface area contributed by atoms with Crippen LogP contribution in [-0.4, -0.2) is 43.7 Å². The van der Waals surface area contributed by atoms with Crippen molar-refractivity contribution in [2.24, 2.45) is 0 Å². The summed E-state index contributed by atoms with van der Waals surface area (Å²) in [6, 6.07) is 19.2. The number of nitrogens with zero attached hydrogens (tertiary/aromatic N) is 2. The molecule has 1 atom stereocenters. The third-order valence-electron chi connectivity index (χ3n) is 5.18.